The zero-order valence-corrected chi connectivity index (χ0v) is 16.2. The van der Waals surface area contributed by atoms with Gasteiger partial charge in [-0.1, -0.05) is 53.7 Å². The number of benzene rings is 2. The molecule has 3 aromatic rings. The molecule has 140 valence electrons. The largest absolute Gasteiger partial charge is 0.349 e. The maximum absolute atomic E-state index is 13.0. The third kappa shape index (κ3) is 4.95. The van der Waals surface area contributed by atoms with Crippen LogP contribution < -0.4 is 5.32 Å². The first-order valence-corrected chi connectivity index (χ1v) is 9.52. The molecule has 2 aromatic carbocycles. The Balaban J connectivity index is 1.59. The van der Waals surface area contributed by atoms with E-state index in [0.29, 0.717) is 11.0 Å². The number of carbonyl (C=O) groups excluding carboxylic acids is 1. The Morgan fingerprint density at radius 2 is 1.78 bits per heavy atom. The van der Waals surface area contributed by atoms with Crippen molar-refractivity contribution in [2.45, 2.75) is 37.2 Å². The molecule has 1 heterocycles. The average Bonchev–Trinajstić information content (AvgIpc) is 3.11. The van der Waals surface area contributed by atoms with E-state index in [-0.39, 0.29) is 23.0 Å². The summed E-state index contributed by atoms with van der Waals surface area (Å²) in [5.74, 6) is 0.249. The van der Waals surface area contributed by atoms with E-state index < -0.39 is 0 Å². The van der Waals surface area contributed by atoms with Crippen LogP contribution in [-0.2, 0) is 4.79 Å². The SMILES string of the molecule is Cc1ccc(-c2nc(S[C@@H](C)C(=O)N[C@H](C)c3ccc(F)cc3)n[nH]2)cc1. The Hall–Kier alpha value is -2.67. The second kappa shape index (κ2) is 8.35. The lowest BCUT2D eigenvalue weighted by Crippen LogP contribution is -2.33. The molecule has 0 aliphatic heterocycles. The summed E-state index contributed by atoms with van der Waals surface area (Å²) in [6.45, 7) is 5.70. The van der Waals surface area contributed by atoms with Gasteiger partial charge in [-0.2, -0.15) is 0 Å². The van der Waals surface area contributed by atoms with Crippen LogP contribution in [0.15, 0.2) is 53.7 Å². The van der Waals surface area contributed by atoms with Gasteiger partial charge in [0.15, 0.2) is 5.82 Å². The third-order valence-electron chi connectivity index (χ3n) is 4.17. The van der Waals surface area contributed by atoms with Crippen molar-refractivity contribution in [3.8, 4) is 11.4 Å². The van der Waals surface area contributed by atoms with Crippen LogP contribution in [0.3, 0.4) is 0 Å². The van der Waals surface area contributed by atoms with Gasteiger partial charge in [-0.25, -0.2) is 9.37 Å². The number of aromatic amines is 1. The molecule has 0 radical (unpaired) electrons. The molecule has 0 aliphatic rings. The Labute approximate surface area is 161 Å². The fraction of sp³-hybridized carbons (Fsp3) is 0.250. The summed E-state index contributed by atoms with van der Waals surface area (Å²) in [5.41, 5.74) is 2.97. The predicted molar refractivity (Wildman–Crippen MR) is 105 cm³/mol. The molecule has 3 rings (SSSR count). The molecular formula is C20H21FN4OS. The molecular weight excluding hydrogens is 363 g/mol. The van der Waals surface area contributed by atoms with Gasteiger partial charge >= 0.3 is 0 Å². The first kappa shape index (κ1) is 19.1. The van der Waals surface area contributed by atoms with E-state index in [9.17, 15) is 9.18 Å². The monoisotopic (exact) mass is 384 g/mol. The molecule has 0 aliphatic carbocycles. The smallest absolute Gasteiger partial charge is 0.233 e. The minimum Gasteiger partial charge on any atom is -0.349 e. The molecule has 0 bridgehead atoms. The van der Waals surface area contributed by atoms with Gasteiger partial charge in [0.25, 0.3) is 0 Å². The zero-order chi connectivity index (χ0) is 19.4. The molecule has 0 saturated carbocycles. The van der Waals surface area contributed by atoms with Crippen molar-refractivity contribution in [3.63, 3.8) is 0 Å². The second-order valence-corrected chi connectivity index (χ2v) is 7.68. The number of aryl methyl sites for hydroxylation is 1. The van der Waals surface area contributed by atoms with Crippen molar-refractivity contribution in [2.24, 2.45) is 0 Å². The van der Waals surface area contributed by atoms with Crippen LogP contribution in [0.25, 0.3) is 11.4 Å². The van der Waals surface area contributed by atoms with Crippen molar-refractivity contribution in [1.29, 1.82) is 0 Å². The highest BCUT2D eigenvalue weighted by atomic mass is 32.2. The number of hydrogen-bond acceptors (Lipinski definition) is 4. The highest BCUT2D eigenvalue weighted by Crippen LogP contribution is 2.23. The molecule has 0 spiro atoms. The van der Waals surface area contributed by atoms with Gasteiger partial charge in [0.05, 0.1) is 11.3 Å². The van der Waals surface area contributed by atoms with E-state index in [4.69, 9.17) is 0 Å². The number of H-pyrrole nitrogens is 1. The standard InChI is InChI=1S/C20H21FN4OS/c1-12-4-6-16(7-5-12)18-23-20(25-24-18)27-14(3)19(26)22-13(2)15-8-10-17(21)11-9-15/h4-11,13-14H,1-3H3,(H,22,26)(H,23,24,25)/t13-,14+/m1/s1. The van der Waals surface area contributed by atoms with E-state index in [0.717, 1.165) is 11.1 Å². The van der Waals surface area contributed by atoms with Crippen LogP contribution in [0.4, 0.5) is 4.39 Å². The number of amides is 1. The molecule has 7 heteroatoms. The summed E-state index contributed by atoms with van der Waals surface area (Å²) in [6, 6.07) is 13.9. The second-order valence-electron chi connectivity index (χ2n) is 6.37. The maximum atomic E-state index is 13.0. The van der Waals surface area contributed by atoms with Crippen LogP contribution in [0.2, 0.25) is 0 Å². The predicted octanol–water partition coefficient (Wildman–Crippen LogP) is 4.28. The summed E-state index contributed by atoms with van der Waals surface area (Å²) in [4.78, 5) is 16.9. The topological polar surface area (TPSA) is 70.7 Å². The Kier molecular flexibility index (Phi) is 5.91. The van der Waals surface area contributed by atoms with Crippen LogP contribution in [-0.4, -0.2) is 26.3 Å². The molecule has 2 atom stereocenters. The number of carbonyl (C=O) groups is 1. The first-order valence-electron chi connectivity index (χ1n) is 8.64. The lowest BCUT2D eigenvalue weighted by molar-refractivity contribution is -0.120. The number of thioether (sulfide) groups is 1. The molecule has 0 unspecified atom stereocenters. The van der Waals surface area contributed by atoms with Gasteiger partial charge < -0.3 is 5.32 Å². The van der Waals surface area contributed by atoms with E-state index in [2.05, 4.69) is 20.5 Å². The van der Waals surface area contributed by atoms with E-state index in [1.807, 2.05) is 38.1 Å². The van der Waals surface area contributed by atoms with Crippen molar-refractivity contribution >= 4 is 17.7 Å². The fourth-order valence-electron chi connectivity index (χ4n) is 2.52. The number of hydrogen-bond donors (Lipinski definition) is 2. The number of nitrogens with zero attached hydrogens (tertiary/aromatic N) is 2. The van der Waals surface area contributed by atoms with Crippen LogP contribution in [0, 0.1) is 12.7 Å². The Morgan fingerprint density at radius 3 is 2.44 bits per heavy atom. The lowest BCUT2D eigenvalue weighted by Gasteiger charge is -2.17. The zero-order valence-electron chi connectivity index (χ0n) is 15.4. The van der Waals surface area contributed by atoms with E-state index >= 15 is 0 Å². The van der Waals surface area contributed by atoms with Gasteiger partial charge in [-0.3, -0.25) is 9.89 Å². The van der Waals surface area contributed by atoms with Crippen molar-refractivity contribution in [3.05, 3.63) is 65.5 Å². The van der Waals surface area contributed by atoms with Gasteiger partial charge in [-0.05, 0) is 38.5 Å². The summed E-state index contributed by atoms with van der Waals surface area (Å²) < 4.78 is 13.0. The van der Waals surface area contributed by atoms with Crippen molar-refractivity contribution in [1.82, 2.24) is 20.5 Å². The summed E-state index contributed by atoms with van der Waals surface area (Å²) in [5, 5.41) is 10.2. The van der Waals surface area contributed by atoms with E-state index in [1.165, 1.54) is 29.5 Å². The first-order chi connectivity index (χ1) is 12.9. The normalized spacial score (nSPS) is 13.2. The highest BCUT2D eigenvalue weighted by molar-refractivity contribution is 8.00. The van der Waals surface area contributed by atoms with Crippen molar-refractivity contribution in [2.75, 3.05) is 0 Å². The summed E-state index contributed by atoms with van der Waals surface area (Å²) in [6.07, 6.45) is 0. The van der Waals surface area contributed by atoms with Gasteiger partial charge in [0.1, 0.15) is 5.82 Å². The Morgan fingerprint density at radius 1 is 1.11 bits per heavy atom. The number of rotatable bonds is 6. The minimum absolute atomic E-state index is 0.126. The number of nitrogens with one attached hydrogen (secondary N) is 2. The van der Waals surface area contributed by atoms with Crippen LogP contribution in [0.5, 0.6) is 0 Å². The summed E-state index contributed by atoms with van der Waals surface area (Å²) >= 11 is 1.28. The molecule has 5 nitrogen and oxygen atoms in total. The highest BCUT2D eigenvalue weighted by Gasteiger charge is 2.19. The number of halogens is 1. The minimum atomic E-state index is -0.366. The summed E-state index contributed by atoms with van der Waals surface area (Å²) in [7, 11) is 0. The van der Waals surface area contributed by atoms with Crippen LogP contribution >= 0.6 is 11.8 Å². The Bertz CT molecular complexity index is 908. The number of aromatic nitrogens is 3. The fourth-order valence-corrected chi connectivity index (χ4v) is 3.25. The van der Waals surface area contributed by atoms with Gasteiger partial charge in [-0.15, -0.1) is 5.10 Å². The molecule has 27 heavy (non-hydrogen) atoms. The van der Waals surface area contributed by atoms with Gasteiger partial charge in [0, 0.05) is 5.56 Å². The van der Waals surface area contributed by atoms with E-state index in [1.54, 1.807) is 19.1 Å². The molecule has 1 amide bonds. The quantitative estimate of drug-likeness (QED) is 0.623. The third-order valence-corrected chi connectivity index (χ3v) is 5.13. The molecule has 0 fully saturated rings. The lowest BCUT2D eigenvalue weighted by atomic mass is 10.1. The molecule has 1 aromatic heterocycles. The molecule has 2 N–H and O–H groups in total. The maximum Gasteiger partial charge on any atom is 0.233 e. The van der Waals surface area contributed by atoms with Crippen LogP contribution in [0.1, 0.15) is 31.0 Å². The average molecular weight is 384 g/mol. The molecule has 0 saturated heterocycles. The van der Waals surface area contributed by atoms with Gasteiger partial charge in [0.2, 0.25) is 11.1 Å². The van der Waals surface area contributed by atoms with Crippen molar-refractivity contribution < 1.29 is 9.18 Å².